The average molecular weight is 655 g/mol. The molecule has 0 radical (unpaired) electrons. The van der Waals surface area contributed by atoms with Gasteiger partial charge in [0.25, 0.3) is 0 Å². The topological polar surface area (TPSA) is 180 Å². The molecule has 1 aliphatic rings. The van der Waals surface area contributed by atoms with Crippen LogP contribution in [0.1, 0.15) is 114 Å². The summed E-state index contributed by atoms with van der Waals surface area (Å²) in [5, 5.41) is 7.70. The Bertz CT molecular complexity index is 1070. The third-order valence-electron chi connectivity index (χ3n) is 6.38. The van der Waals surface area contributed by atoms with Crippen molar-refractivity contribution in [3.05, 3.63) is 11.6 Å². The van der Waals surface area contributed by atoms with Gasteiger partial charge in [0.2, 0.25) is 18.7 Å². The number of guanidine groups is 1. The van der Waals surface area contributed by atoms with Crippen LogP contribution in [0.25, 0.3) is 0 Å². The van der Waals surface area contributed by atoms with Gasteiger partial charge < -0.3 is 29.0 Å². The molecule has 0 saturated heterocycles. The third kappa shape index (κ3) is 16.6. The molecule has 0 saturated carbocycles. The fraction of sp³-hybridized carbons (Fsp3) is 0.750. The molecule has 0 aromatic heterocycles. The molecule has 3 amide bonds. The lowest BCUT2D eigenvalue weighted by Gasteiger charge is -2.37. The average Bonchev–Trinajstić information content (AvgIpc) is 2.90. The van der Waals surface area contributed by atoms with E-state index in [2.05, 4.69) is 20.9 Å². The maximum atomic E-state index is 13.2. The Balaban J connectivity index is 3.48. The highest BCUT2D eigenvalue weighted by Crippen LogP contribution is 2.27. The predicted molar refractivity (Wildman–Crippen MR) is 171 cm³/mol. The van der Waals surface area contributed by atoms with E-state index in [4.69, 9.17) is 23.7 Å². The van der Waals surface area contributed by atoms with Crippen LogP contribution in [0.15, 0.2) is 16.6 Å². The lowest BCUT2D eigenvalue weighted by molar-refractivity contribution is -0.165. The molecule has 14 nitrogen and oxygen atoms in total. The Hall–Kier alpha value is -3.68. The Morgan fingerprint density at radius 1 is 0.891 bits per heavy atom. The lowest BCUT2D eigenvalue weighted by Crippen LogP contribution is -2.55. The van der Waals surface area contributed by atoms with Crippen molar-refractivity contribution in [2.45, 2.75) is 150 Å². The number of carbonyl (C=O) groups excluding carboxylic acids is 5. The number of rotatable bonds is 13. The SMILES string of the molecule is CCCCCC(=O)OCOC(=O)C1=C[C@@H](OC(CC)CC)[C@H](NC(C)=O)[C@@H](N=C(NC(=O)OC(C)(C)C)NC(=O)OC(C)(C)C)C1. The van der Waals surface area contributed by atoms with E-state index < -0.39 is 60.3 Å². The Kier molecular flexibility index (Phi) is 16.7. The summed E-state index contributed by atoms with van der Waals surface area (Å²) in [4.78, 5) is 67.5. The molecule has 46 heavy (non-hydrogen) atoms. The minimum absolute atomic E-state index is 0.0908. The number of esters is 2. The van der Waals surface area contributed by atoms with Crippen molar-refractivity contribution in [1.82, 2.24) is 16.0 Å². The first kappa shape index (κ1) is 40.3. The number of hydrogen-bond donors (Lipinski definition) is 3. The second-order valence-electron chi connectivity index (χ2n) is 13.0. The van der Waals surface area contributed by atoms with Crippen LogP contribution in [0.3, 0.4) is 0 Å². The predicted octanol–water partition coefficient (Wildman–Crippen LogP) is 4.79. The summed E-state index contributed by atoms with van der Waals surface area (Å²) in [5.41, 5.74) is -1.59. The first-order chi connectivity index (χ1) is 21.4. The van der Waals surface area contributed by atoms with E-state index in [1.807, 2.05) is 20.8 Å². The Labute approximate surface area is 272 Å². The van der Waals surface area contributed by atoms with Gasteiger partial charge >= 0.3 is 24.1 Å². The molecule has 0 fully saturated rings. The Morgan fingerprint density at radius 2 is 1.46 bits per heavy atom. The molecule has 0 spiro atoms. The minimum Gasteiger partial charge on any atom is -0.444 e. The van der Waals surface area contributed by atoms with E-state index in [1.54, 1.807) is 47.6 Å². The van der Waals surface area contributed by atoms with Gasteiger partial charge in [-0.25, -0.2) is 19.4 Å². The summed E-state index contributed by atoms with van der Waals surface area (Å²) in [5.74, 6) is -1.98. The quantitative estimate of drug-likeness (QED) is 0.0624. The number of amides is 3. The van der Waals surface area contributed by atoms with Crippen molar-refractivity contribution in [1.29, 1.82) is 0 Å². The molecule has 3 atom stereocenters. The molecule has 3 N–H and O–H groups in total. The van der Waals surface area contributed by atoms with Crippen molar-refractivity contribution in [3.63, 3.8) is 0 Å². The number of nitrogens with zero attached hydrogens (tertiary/aromatic N) is 1. The number of ether oxygens (including phenoxy) is 5. The van der Waals surface area contributed by atoms with E-state index in [-0.39, 0.29) is 36.4 Å². The van der Waals surface area contributed by atoms with Gasteiger partial charge in [0.1, 0.15) is 11.2 Å². The fourth-order valence-electron chi connectivity index (χ4n) is 4.35. The molecule has 0 heterocycles. The van der Waals surface area contributed by atoms with E-state index >= 15 is 0 Å². The van der Waals surface area contributed by atoms with Gasteiger partial charge in [-0.3, -0.25) is 20.2 Å². The van der Waals surface area contributed by atoms with E-state index in [1.165, 1.54) is 6.92 Å². The molecule has 262 valence electrons. The van der Waals surface area contributed by atoms with Crippen LogP contribution in [-0.2, 0) is 38.1 Å². The van der Waals surface area contributed by atoms with Crippen molar-refractivity contribution in [3.8, 4) is 0 Å². The fourth-order valence-corrected chi connectivity index (χ4v) is 4.35. The van der Waals surface area contributed by atoms with Crippen LogP contribution in [0, 0.1) is 0 Å². The zero-order valence-corrected chi connectivity index (χ0v) is 29.1. The maximum absolute atomic E-state index is 13.2. The first-order valence-corrected chi connectivity index (χ1v) is 15.9. The van der Waals surface area contributed by atoms with Crippen molar-refractivity contribution in [2.24, 2.45) is 4.99 Å². The number of unbranched alkanes of at least 4 members (excludes halogenated alkanes) is 2. The highest BCUT2D eigenvalue weighted by Gasteiger charge is 2.39. The smallest absolute Gasteiger partial charge is 0.414 e. The molecule has 14 heteroatoms. The maximum Gasteiger partial charge on any atom is 0.414 e. The van der Waals surface area contributed by atoms with Gasteiger partial charge in [0, 0.05) is 25.3 Å². The monoisotopic (exact) mass is 654 g/mol. The molecule has 1 rings (SSSR count). The molecule has 1 aliphatic carbocycles. The summed E-state index contributed by atoms with van der Waals surface area (Å²) >= 11 is 0. The van der Waals surface area contributed by atoms with Crippen molar-refractivity contribution < 1.29 is 47.7 Å². The molecule has 0 aliphatic heterocycles. The first-order valence-electron chi connectivity index (χ1n) is 15.9. The summed E-state index contributed by atoms with van der Waals surface area (Å²) in [6.45, 7) is 16.7. The third-order valence-corrected chi connectivity index (χ3v) is 6.38. The standard InChI is InChI=1S/C32H54N4O10/c1-11-14-15-16-25(38)42-19-43-27(39)21-17-23(26(33-20(4)37)24(18-21)44-22(12-2)13-3)34-28(35-29(40)45-31(5,6)7)36-30(41)46-32(8,9)10/h18,22-24,26H,11-17,19H2,1-10H3,(H,33,37)(H2,34,35,36,40,41)/t23-,24+,26+/m0/s1. The van der Waals surface area contributed by atoms with E-state index in [0.29, 0.717) is 19.3 Å². The lowest BCUT2D eigenvalue weighted by atomic mass is 9.88. The van der Waals surface area contributed by atoms with Crippen molar-refractivity contribution >= 4 is 36.0 Å². The molecule has 0 aromatic rings. The van der Waals surface area contributed by atoms with Crippen LogP contribution in [-0.4, -0.2) is 78.3 Å². The molecule has 0 bridgehead atoms. The minimum atomic E-state index is -0.952. The number of nitrogens with one attached hydrogen (secondary N) is 3. The molecule has 0 unspecified atom stereocenters. The zero-order valence-electron chi connectivity index (χ0n) is 29.1. The summed E-state index contributed by atoms with van der Waals surface area (Å²) < 4.78 is 27.3. The van der Waals surface area contributed by atoms with Gasteiger partial charge in [0.15, 0.2) is 0 Å². The molecule has 0 aromatic carbocycles. The zero-order chi connectivity index (χ0) is 35.1. The normalized spacial score (nSPS) is 18.1. The van der Waals surface area contributed by atoms with Gasteiger partial charge in [0.05, 0.1) is 24.3 Å². The van der Waals surface area contributed by atoms with Gasteiger partial charge in [-0.15, -0.1) is 0 Å². The molecular weight excluding hydrogens is 600 g/mol. The Morgan fingerprint density at radius 3 is 1.93 bits per heavy atom. The number of carbonyl (C=O) groups is 5. The second kappa shape index (κ2) is 19.1. The largest absolute Gasteiger partial charge is 0.444 e. The van der Waals surface area contributed by atoms with Gasteiger partial charge in [-0.1, -0.05) is 33.6 Å². The van der Waals surface area contributed by atoms with Crippen LogP contribution in [0.4, 0.5) is 9.59 Å². The highest BCUT2D eigenvalue weighted by molar-refractivity contribution is 6.01. The molecular formula is C32H54N4O10. The second-order valence-corrected chi connectivity index (χ2v) is 13.0. The number of alkyl carbamates (subject to hydrolysis) is 2. The van der Waals surface area contributed by atoms with E-state index in [0.717, 1.165) is 12.8 Å². The number of aliphatic imine (C=N–C) groups is 1. The summed E-state index contributed by atoms with van der Waals surface area (Å²) in [6, 6.07) is -1.77. The van der Waals surface area contributed by atoms with Crippen LogP contribution in [0.5, 0.6) is 0 Å². The van der Waals surface area contributed by atoms with E-state index in [9.17, 15) is 24.0 Å². The number of hydrogen-bond acceptors (Lipinski definition) is 11. The summed E-state index contributed by atoms with van der Waals surface area (Å²) in [7, 11) is 0. The van der Waals surface area contributed by atoms with Crippen molar-refractivity contribution in [2.75, 3.05) is 6.79 Å². The van der Waals surface area contributed by atoms with Gasteiger partial charge in [-0.05, 0) is 66.9 Å². The van der Waals surface area contributed by atoms with Gasteiger partial charge in [-0.2, -0.15) is 0 Å². The van der Waals surface area contributed by atoms with Crippen LogP contribution >= 0.6 is 0 Å². The van der Waals surface area contributed by atoms with Crippen LogP contribution in [0.2, 0.25) is 0 Å². The highest BCUT2D eigenvalue weighted by atomic mass is 16.7. The summed E-state index contributed by atoms with van der Waals surface area (Å²) in [6.07, 6.45) is 2.60. The van der Waals surface area contributed by atoms with Crippen LogP contribution < -0.4 is 16.0 Å².